The van der Waals surface area contributed by atoms with Gasteiger partial charge in [0.15, 0.2) is 5.82 Å². The number of carbonyl (C=O) groups is 1. The number of nitrogens with one attached hydrogen (secondary N) is 1. The molecule has 2 heterocycles. The molecular formula is C30H19BrN4O2. The fourth-order valence-electron chi connectivity index (χ4n) is 4.31. The molecule has 0 bridgehead atoms. The highest BCUT2D eigenvalue weighted by Gasteiger charge is 2.19. The first kappa shape index (κ1) is 22.8. The van der Waals surface area contributed by atoms with Crippen LogP contribution in [0.1, 0.15) is 10.4 Å². The summed E-state index contributed by atoms with van der Waals surface area (Å²) in [5.41, 5.74) is 6.37. The van der Waals surface area contributed by atoms with Gasteiger partial charge < -0.3 is 0 Å². The maximum absolute atomic E-state index is 13.8. The topological polar surface area (TPSA) is 76.9 Å². The second-order valence-electron chi connectivity index (χ2n) is 8.48. The zero-order valence-corrected chi connectivity index (χ0v) is 21.0. The zero-order chi connectivity index (χ0) is 25.4. The summed E-state index contributed by atoms with van der Waals surface area (Å²) < 4.78 is 2.12. The van der Waals surface area contributed by atoms with E-state index in [1.54, 1.807) is 24.3 Å². The van der Waals surface area contributed by atoms with Gasteiger partial charge in [0.05, 0.1) is 27.7 Å². The van der Waals surface area contributed by atoms with Gasteiger partial charge >= 0.3 is 0 Å². The van der Waals surface area contributed by atoms with Crippen molar-refractivity contribution in [1.29, 1.82) is 0 Å². The largest absolute Gasteiger partial charge is 0.280 e. The number of hydrogen-bond acceptors (Lipinski definition) is 4. The maximum atomic E-state index is 13.8. The molecule has 0 fully saturated rings. The van der Waals surface area contributed by atoms with Crippen molar-refractivity contribution in [3.8, 4) is 22.6 Å². The molecule has 0 atom stereocenters. The Morgan fingerprint density at radius 2 is 1.32 bits per heavy atom. The highest BCUT2D eigenvalue weighted by Crippen LogP contribution is 2.26. The lowest BCUT2D eigenvalue weighted by Gasteiger charge is -2.16. The average molecular weight is 547 g/mol. The minimum atomic E-state index is -0.437. The van der Waals surface area contributed by atoms with Gasteiger partial charge in [-0.25, -0.2) is 9.97 Å². The molecule has 0 aliphatic heterocycles. The number of fused-ring (bicyclic) bond motifs is 2. The summed E-state index contributed by atoms with van der Waals surface area (Å²) in [6.07, 6.45) is 0. The lowest BCUT2D eigenvalue weighted by Crippen LogP contribution is -2.35. The molecule has 37 heavy (non-hydrogen) atoms. The highest BCUT2D eigenvalue weighted by molar-refractivity contribution is 9.10. The van der Waals surface area contributed by atoms with Crippen LogP contribution in [0.2, 0.25) is 0 Å². The van der Waals surface area contributed by atoms with E-state index in [4.69, 9.17) is 9.97 Å². The van der Waals surface area contributed by atoms with Crippen LogP contribution in [0.3, 0.4) is 0 Å². The molecule has 1 N–H and O–H groups in total. The normalized spacial score (nSPS) is 11.1. The fourth-order valence-corrected chi connectivity index (χ4v) is 4.58. The Kier molecular flexibility index (Phi) is 5.82. The molecule has 0 saturated heterocycles. The van der Waals surface area contributed by atoms with Crippen LogP contribution in [0.5, 0.6) is 0 Å². The van der Waals surface area contributed by atoms with Crippen LogP contribution < -0.4 is 11.0 Å². The number of hydrogen-bond donors (Lipinski definition) is 1. The molecule has 0 unspecified atom stereocenters. The standard InChI is InChI=1S/C30H19BrN4O2/c31-21-16-14-20(15-17-21)28-33-26-13-7-5-11-23(26)30(37)35(28)34-29(36)24-18-27(19-8-2-1-3-9-19)32-25-12-6-4-10-22(24)25/h1-18H,(H,34,36). The molecule has 6 nitrogen and oxygen atoms in total. The lowest BCUT2D eigenvalue weighted by atomic mass is 10.0. The Balaban J connectivity index is 1.52. The summed E-state index contributed by atoms with van der Waals surface area (Å²) in [6, 6.07) is 33.4. The van der Waals surface area contributed by atoms with Gasteiger partial charge in [-0.05, 0) is 36.4 Å². The second kappa shape index (κ2) is 9.44. The fraction of sp³-hybridized carbons (Fsp3) is 0. The van der Waals surface area contributed by atoms with E-state index in [1.165, 1.54) is 4.68 Å². The summed E-state index contributed by atoms with van der Waals surface area (Å²) >= 11 is 3.45. The molecular weight excluding hydrogens is 528 g/mol. The maximum Gasteiger partial charge on any atom is 0.280 e. The van der Waals surface area contributed by atoms with Crippen molar-refractivity contribution in [2.24, 2.45) is 0 Å². The van der Waals surface area contributed by atoms with Crippen molar-refractivity contribution in [1.82, 2.24) is 14.6 Å². The molecule has 1 amide bonds. The predicted octanol–water partition coefficient (Wildman–Crippen LogP) is 6.43. The first-order chi connectivity index (χ1) is 18.1. The van der Waals surface area contributed by atoms with Gasteiger partial charge in [0.25, 0.3) is 11.5 Å². The van der Waals surface area contributed by atoms with E-state index in [0.29, 0.717) is 44.5 Å². The van der Waals surface area contributed by atoms with Crippen LogP contribution in [-0.2, 0) is 0 Å². The minimum absolute atomic E-state index is 0.339. The molecule has 2 aromatic heterocycles. The molecule has 7 heteroatoms. The van der Waals surface area contributed by atoms with Crippen molar-refractivity contribution < 1.29 is 4.79 Å². The van der Waals surface area contributed by atoms with Crippen molar-refractivity contribution in [2.75, 3.05) is 5.43 Å². The third kappa shape index (κ3) is 4.30. The number of carbonyl (C=O) groups excluding carboxylic acids is 1. The van der Waals surface area contributed by atoms with Gasteiger partial charge in [-0.3, -0.25) is 15.0 Å². The quantitative estimate of drug-likeness (QED) is 0.276. The third-order valence-corrected chi connectivity index (χ3v) is 6.65. The Morgan fingerprint density at radius 1 is 0.703 bits per heavy atom. The number of halogens is 1. The van der Waals surface area contributed by atoms with Crippen molar-refractivity contribution >= 4 is 43.6 Å². The van der Waals surface area contributed by atoms with Crippen LogP contribution in [0, 0.1) is 0 Å². The number of para-hydroxylation sites is 2. The highest BCUT2D eigenvalue weighted by atomic mass is 79.9. The number of aromatic nitrogens is 3. The van der Waals surface area contributed by atoms with Crippen LogP contribution in [-0.4, -0.2) is 20.6 Å². The Morgan fingerprint density at radius 3 is 2.05 bits per heavy atom. The smallest absolute Gasteiger partial charge is 0.267 e. The van der Waals surface area contributed by atoms with E-state index in [0.717, 1.165) is 10.0 Å². The summed E-state index contributed by atoms with van der Waals surface area (Å²) in [7, 11) is 0. The van der Waals surface area contributed by atoms with E-state index < -0.39 is 5.91 Å². The van der Waals surface area contributed by atoms with Crippen molar-refractivity contribution in [3.05, 3.63) is 130 Å². The van der Waals surface area contributed by atoms with Crippen LogP contribution in [0.4, 0.5) is 0 Å². The molecule has 0 saturated carbocycles. The van der Waals surface area contributed by atoms with Gasteiger partial charge in [-0.2, -0.15) is 4.68 Å². The van der Waals surface area contributed by atoms with Crippen molar-refractivity contribution in [3.63, 3.8) is 0 Å². The van der Waals surface area contributed by atoms with Gasteiger partial charge in [-0.15, -0.1) is 0 Å². The van der Waals surface area contributed by atoms with E-state index >= 15 is 0 Å². The number of rotatable bonds is 4. The van der Waals surface area contributed by atoms with E-state index in [-0.39, 0.29) is 5.56 Å². The molecule has 178 valence electrons. The predicted molar refractivity (Wildman–Crippen MR) is 150 cm³/mol. The van der Waals surface area contributed by atoms with Gasteiger partial charge in [-0.1, -0.05) is 88.7 Å². The van der Waals surface area contributed by atoms with Crippen molar-refractivity contribution in [2.45, 2.75) is 0 Å². The number of pyridine rings is 1. The second-order valence-corrected chi connectivity index (χ2v) is 9.39. The van der Waals surface area contributed by atoms with E-state index in [1.807, 2.05) is 84.9 Å². The molecule has 6 aromatic rings. The lowest BCUT2D eigenvalue weighted by molar-refractivity contribution is 0.101. The summed E-state index contributed by atoms with van der Waals surface area (Å²) in [6.45, 7) is 0. The SMILES string of the molecule is O=C(Nn1c(-c2ccc(Br)cc2)nc2ccccc2c1=O)c1cc(-c2ccccc2)nc2ccccc12. The molecule has 4 aromatic carbocycles. The van der Waals surface area contributed by atoms with Crippen LogP contribution >= 0.6 is 15.9 Å². The first-order valence-electron chi connectivity index (χ1n) is 11.6. The van der Waals surface area contributed by atoms with Gasteiger partial charge in [0.2, 0.25) is 0 Å². The molecule has 0 radical (unpaired) electrons. The minimum Gasteiger partial charge on any atom is -0.267 e. The molecule has 0 spiro atoms. The van der Waals surface area contributed by atoms with Crippen LogP contribution in [0.25, 0.3) is 44.5 Å². The molecule has 0 aliphatic carbocycles. The first-order valence-corrected chi connectivity index (χ1v) is 12.4. The Labute approximate surface area is 220 Å². The van der Waals surface area contributed by atoms with Crippen LogP contribution in [0.15, 0.2) is 118 Å². The monoisotopic (exact) mass is 546 g/mol. The van der Waals surface area contributed by atoms with E-state index in [9.17, 15) is 9.59 Å². The third-order valence-electron chi connectivity index (χ3n) is 6.12. The number of benzene rings is 4. The van der Waals surface area contributed by atoms with Gasteiger partial charge in [0.1, 0.15) is 0 Å². The average Bonchev–Trinajstić information content (AvgIpc) is 2.95. The zero-order valence-electron chi connectivity index (χ0n) is 19.4. The number of nitrogens with zero attached hydrogens (tertiary/aromatic N) is 3. The summed E-state index contributed by atoms with van der Waals surface area (Å²) in [5.74, 6) is -0.0977. The molecule has 0 aliphatic rings. The summed E-state index contributed by atoms with van der Waals surface area (Å²) in [5, 5.41) is 1.10. The number of amides is 1. The van der Waals surface area contributed by atoms with E-state index in [2.05, 4.69) is 21.4 Å². The Bertz CT molecular complexity index is 1850. The molecule has 6 rings (SSSR count). The Hall–Kier alpha value is -4.62. The van der Waals surface area contributed by atoms with Gasteiger partial charge in [0, 0.05) is 21.0 Å². The summed E-state index contributed by atoms with van der Waals surface area (Å²) in [4.78, 5) is 36.9.